The van der Waals surface area contributed by atoms with Gasteiger partial charge in [0.1, 0.15) is 5.69 Å². The monoisotopic (exact) mass is 365 g/mol. The van der Waals surface area contributed by atoms with E-state index in [4.69, 9.17) is 4.42 Å². The van der Waals surface area contributed by atoms with Gasteiger partial charge in [0.2, 0.25) is 0 Å². The van der Waals surface area contributed by atoms with E-state index in [1.54, 1.807) is 11.6 Å². The van der Waals surface area contributed by atoms with Crippen LogP contribution in [0.2, 0.25) is 0 Å². The van der Waals surface area contributed by atoms with Crippen LogP contribution < -0.4 is 0 Å². The highest BCUT2D eigenvalue weighted by Crippen LogP contribution is 2.33. The standard InChI is InChI=1S/C18H15N5O2S/c24-18(12-11-26-17(19-12)14-6-4-10-25-14)22-9-3-5-13(22)16-21-20-15-7-1-2-8-23(15)16/h1-2,4,6-8,10-11,13H,3,5,9H2/t13-/m0/s1. The molecule has 0 unspecified atom stereocenters. The molecule has 1 amide bonds. The number of carbonyl (C=O) groups excluding carboxylic acids is 1. The minimum Gasteiger partial charge on any atom is -0.462 e. The van der Waals surface area contributed by atoms with E-state index in [1.807, 2.05) is 45.8 Å². The predicted octanol–water partition coefficient (Wildman–Crippen LogP) is 3.42. The minimum atomic E-state index is -0.0892. The van der Waals surface area contributed by atoms with Gasteiger partial charge in [-0.25, -0.2) is 4.98 Å². The quantitative estimate of drug-likeness (QED) is 0.556. The molecule has 5 heterocycles. The molecular formula is C18H15N5O2S. The van der Waals surface area contributed by atoms with Crippen LogP contribution in [0.3, 0.4) is 0 Å². The average Bonchev–Trinajstić information content (AvgIpc) is 3.47. The van der Waals surface area contributed by atoms with Gasteiger partial charge >= 0.3 is 0 Å². The molecule has 0 saturated carbocycles. The Hall–Kier alpha value is -3.00. The molecule has 0 spiro atoms. The first-order chi connectivity index (χ1) is 12.8. The van der Waals surface area contributed by atoms with Crippen molar-refractivity contribution < 1.29 is 9.21 Å². The fraction of sp³-hybridized carbons (Fsp3) is 0.222. The van der Waals surface area contributed by atoms with Crippen molar-refractivity contribution in [2.24, 2.45) is 0 Å². The lowest BCUT2D eigenvalue weighted by molar-refractivity contribution is 0.0724. The molecule has 130 valence electrons. The largest absolute Gasteiger partial charge is 0.462 e. The summed E-state index contributed by atoms with van der Waals surface area (Å²) in [4.78, 5) is 19.4. The number of furan rings is 1. The third-order valence-corrected chi connectivity index (χ3v) is 5.46. The highest BCUT2D eigenvalue weighted by Gasteiger charge is 2.34. The zero-order valence-corrected chi connectivity index (χ0v) is 14.6. The van der Waals surface area contributed by atoms with Crippen molar-refractivity contribution in [3.8, 4) is 10.8 Å². The van der Waals surface area contributed by atoms with Crippen molar-refractivity contribution in [1.29, 1.82) is 0 Å². The van der Waals surface area contributed by atoms with Crippen molar-refractivity contribution in [2.45, 2.75) is 18.9 Å². The number of thiazole rings is 1. The highest BCUT2D eigenvalue weighted by molar-refractivity contribution is 7.13. The molecule has 1 aliphatic heterocycles. The fourth-order valence-corrected chi connectivity index (χ4v) is 4.16. The second-order valence-electron chi connectivity index (χ2n) is 6.16. The third kappa shape index (κ3) is 2.41. The van der Waals surface area contributed by atoms with E-state index in [0.717, 1.165) is 24.3 Å². The number of pyridine rings is 1. The summed E-state index contributed by atoms with van der Waals surface area (Å²) >= 11 is 1.41. The smallest absolute Gasteiger partial charge is 0.273 e. The molecular weight excluding hydrogens is 350 g/mol. The van der Waals surface area contributed by atoms with Crippen molar-refractivity contribution in [1.82, 2.24) is 24.5 Å². The Labute approximate surface area is 152 Å². The second-order valence-corrected chi connectivity index (χ2v) is 7.02. The summed E-state index contributed by atoms with van der Waals surface area (Å²) in [7, 11) is 0. The first-order valence-electron chi connectivity index (χ1n) is 8.41. The maximum atomic E-state index is 13.1. The summed E-state index contributed by atoms with van der Waals surface area (Å²) in [5, 5.41) is 11.1. The summed E-state index contributed by atoms with van der Waals surface area (Å²) < 4.78 is 7.32. The highest BCUT2D eigenvalue weighted by atomic mass is 32.1. The summed E-state index contributed by atoms with van der Waals surface area (Å²) in [5.74, 6) is 1.40. The predicted molar refractivity (Wildman–Crippen MR) is 95.8 cm³/mol. The molecule has 8 heteroatoms. The number of fused-ring (bicyclic) bond motifs is 1. The Balaban J connectivity index is 1.46. The number of amides is 1. The van der Waals surface area contributed by atoms with Crippen LogP contribution in [0.1, 0.15) is 35.2 Å². The van der Waals surface area contributed by atoms with Crippen molar-refractivity contribution in [3.63, 3.8) is 0 Å². The van der Waals surface area contributed by atoms with Crippen LogP contribution in [0, 0.1) is 0 Å². The summed E-state index contributed by atoms with van der Waals surface area (Å²) in [6, 6.07) is 9.34. The van der Waals surface area contributed by atoms with E-state index < -0.39 is 0 Å². The number of likely N-dealkylation sites (tertiary alicyclic amines) is 1. The molecule has 5 rings (SSSR count). The average molecular weight is 365 g/mol. The van der Waals surface area contributed by atoms with Gasteiger partial charge in [0.25, 0.3) is 5.91 Å². The number of aromatic nitrogens is 4. The second kappa shape index (κ2) is 6.06. The topological polar surface area (TPSA) is 76.5 Å². The number of hydrogen-bond donors (Lipinski definition) is 0. The zero-order chi connectivity index (χ0) is 17.5. The van der Waals surface area contributed by atoms with E-state index in [0.29, 0.717) is 23.0 Å². The van der Waals surface area contributed by atoms with Crippen LogP contribution in [-0.2, 0) is 0 Å². The van der Waals surface area contributed by atoms with Crippen LogP contribution in [0.4, 0.5) is 0 Å². The molecule has 7 nitrogen and oxygen atoms in total. The molecule has 1 saturated heterocycles. The lowest BCUT2D eigenvalue weighted by Crippen LogP contribution is -2.31. The number of nitrogens with zero attached hydrogens (tertiary/aromatic N) is 5. The van der Waals surface area contributed by atoms with Gasteiger partial charge in [-0.05, 0) is 37.1 Å². The molecule has 1 atom stereocenters. The van der Waals surface area contributed by atoms with Gasteiger partial charge in [0, 0.05) is 18.1 Å². The van der Waals surface area contributed by atoms with Crippen molar-refractivity contribution in [3.05, 3.63) is 59.7 Å². The van der Waals surface area contributed by atoms with Gasteiger partial charge in [0.15, 0.2) is 22.2 Å². The lowest BCUT2D eigenvalue weighted by Gasteiger charge is -2.22. The van der Waals surface area contributed by atoms with Crippen LogP contribution in [0.5, 0.6) is 0 Å². The van der Waals surface area contributed by atoms with Crippen LogP contribution >= 0.6 is 11.3 Å². The Morgan fingerprint density at radius 3 is 3.08 bits per heavy atom. The molecule has 26 heavy (non-hydrogen) atoms. The van der Waals surface area contributed by atoms with E-state index >= 15 is 0 Å². The van der Waals surface area contributed by atoms with Crippen molar-refractivity contribution >= 4 is 22.9 Å². The number of hydrogen-bond acceptors (Lipinski definition) is 6. The van der Waals surface area contributed by atoms with E-state index in [1.165, 1.54) is 11.3 Å². The number of rotatable bonds is 3. The van der Waals surface area contributed by atoms with Gasteiger partial charge < -0.3 is 9.32 Å². The van der Waals surface area contributed by atoms with Gasteiger partial charge in [-0.15, -0.1) is 21.5 Å². The molecule has 1 fully saturated rings. The van der Waals surface area contributed by atoms with Gasteiger partial charge in [-0.1, -0.05) is 6.07 Å². The summed E-state index contributed by atoms with van der Waals surface area (Å²) in [5.41, 5.74) is 1.23. The van der Waals surface area contributed by atoms with Gasteiger partial charge in [-0.3, -0.25) is 9.20 Å². The van der Waals surface area contributed by atoms with Crippen molar-refractivity contribution in [2.75, 3.05) is 6.54 Å². The maximum Gasteiger partial charge on any atom is 0.273 e. The number of carbonyl (C=O) groups is 1. The fourth-order valence-electron chi connectivity index (χ4n) is 3.40. The molecule has 0 N–H and O–H groups in total. The zero-order valence-electron chi connectivity index (χ0n) is 13.8. The Morgan fingerprint density at radius 2 is 2.19 bits per heavy atom. The molecule has 0 aromatic carbocycles. The van der Waals surface area contributed by atoms with Crippen LogP contribution in [0.15, 0.2) is 52.6 Å². The summed E-state index contributed by atoms with van der Waals surface area (Å²) in [6.07, 6.45) is 5.35. The summed E-state index contributed by atoms with van der Waals surface area (Å²) in [6.45, 7) is 0.693. The SMILES string of the molecule is O=C(c1csc(-c2ccco2)n1)N1CCC[C@H]1c1nnc2ccccn12. The third-order valence-electron chi connectivity index (χ3n) is 4.61. The van der Waals surface area contributed by atoms with Gasteiger partial charge in [0.05, 0.1) is 12.3 Å². The maximum absolute atomic E-state index is 13.1. The molecule has 4 aromatic heterocycles. The first kappa shape index (κ1) is 15.3. The van der Waals surface area contributed by atoms with E-state index in [2.05, 4.69) is 15.2 Å². The van der Waals surface area contributed by atoms with Gasteiger partial charge in [-0.2, -0.15) is 0 Å². The molecule has 0 radical (unpaired) electrons. The van der Waals surface area contributed by atoms with Crippen LogP contribution in [-0.4, -0.2) is 36.9 Å². The molecule has 0 aliphatic carbocycles. The first-order valence-corrected chi connectivity index (χ1v) is 9.29. The van der Waals surface area contributed by atoms with E-state index in [9.17, 15) is 4.79 Å². The lowest BCUT2D eigenvalue weighted by atomic mass is 10.2. The minimum absolute atomic E-state index is 0.0748. The van der Waals surface area contributed by atoms with E-state index in [-0.39, 0.29) is 11.9 Å². The molecule has 1 aliphatic rings. The van der Waals surface area contributed by atoms with Crippen LogP contribution in [0.25, 0.3) is 16.4 Å². The Morgan fingerprint density at radius 1 is 1.23 bits per heavy atom. The Kier molecular flexibility index (Phi) is 3.56. The molecule has 4 aromatic rings. The normalized spacial score (nSPS) is 17.2. The molecule has 0 bridgehead atoms. The Bertz CT molecular complexity index is 1070.